The summed E-state index contributed by atoms with van der Waals surface area (Å²) >= 11 is 1.30. The van der Waals surface area contributed by atoms with Crippen molar-refractivity contribution in [1.82, 2.24) is 10.2 Å². The summed E-state index contributed by atoms with van der Waals surface area (Å²) in [6, 6.07) is -0.293. The van der Waals surface area contributed by atoms with E-state index in [-0.39, 0.29) is 23.5 Å². The number of hydrogen-bond donors (Lipinski definition) is 1. The van der Waals surface area contributed by atoms with E-state index in [1.54, 1.807) is 0 Å². The molecule has 0 radical (unpaired) electrons. The molecule has 138 valence electrons. The van der Waals surface area contributed by atoms with Gasteiger partial charge >= 0.3 is 0 Å². The number of thioether (sulfide) groups is 1. The highest BCUT2D eigenvalue weighted by Gasteiger charge is 2.26. The molecule has 1 heterocycles. The highest BCUT2D eigenvalue weighted by atomic mass is 32.2. The van der Waals surface area contributed by atoms with Crippen LogP contribution in [-0.4, -0.2) is 74.8 Å². The Morgan fingerprint density at radius 1 is 1.46 bits per heavy atom. The second-order valence-electron chi connectivity index (χ2n) is 6.05. The quantitative estimate of drug-likeness (QED) is 0.300. The van der Waals surface area contributed by atoms with Crippen LogP contribution in [0, 0.1) is 0 Å². The number of carbonyl (C=O) groups excluding carboxylic acids is 1. The summed E-state index contributed by atoms with van der Waals surface area (Å²) in [6.07, 6.45) is 6.87. The third-order valence-electron chi connectivity index (χ3n) is 3.85. The molecule has 0 aliphatic carbocycles. The van der Waals surface area contributed by atoms with Gasteiger partial charge in [0.15, 0.2) is 14.9 Å². The van der Waals surface area contributed by atoms with Crippen LogP contribution in [0.3, 0.4) is 0 Å². The molecule has 0 aromatic carbocycles. The van der Waals surface area contributed by atoms with Crippen LogP contribution < -0.4 is 5.32 Å². The minimum absolute atomic E-state index is 0.0362. The third kappa shape index (κ3) is 8.30. The van der Waals surface area contributed by atoms with Crippen LogP contribution in [-0.2, 0) is 14.6 Å². The summed E-state index contributed by atoms with van der Waals surface area (Å²) in [4.78, 5) is 18.8. The zero-order valence-electron chi connectivity index (χ0n) is 14.7. The molecule has 1 fully saturated rings. The monoisotopic (exact) mass is 375 g/mol. The molecule has 8 heteroatoms. The van der Waals surface area contributed by atoms with Gasteiger partial charge < -0.3 is 10.2 Å². The highest BCUT2D eigenvalue weighted by Crippen LogP contribution is 2.12. The summed E-state index contributed by atoms with van der Waals surface area (Å²) in [6.45, 7) is 6.18. The van der Waals surface area contributed by atoms with Crippen molar-refractivity contribution in [2.45, 2.75) is 31.7 Å². The Morgan fingerprint density at radius 2 is 2.21 bits per heavy atom. The van der Waals surface area contributed by atoms with E-state index in [0.29, 0.717) is 24.4 Å². The van der Waals surface area contributed by atoms with Gasteiger partial charge in [-0.2, -0.15) is 0 Å². The van der Waals surface area contributed by atoms with Gasteiger partial charge in [0, 0.05) is 19.1 Å². The molecule has 1 amide bonds. The fourth-order valence-electron chi connectivity index (χ4n) is 2.56. The number of aliphatic imine (C=N–C) groups is 1. The van der Waals surface area contributed by atoms with Crippen molar-refractivity contribution in [2.75, 3.05) is 44.4 Å². The van der Waals surface area contributed by atoms with E-state index in [2.05, 4.69) is 28.8 Å². The van der Waals surface area contributed by atoms with Crippen LogP contribution in [0.5, 0.6) is 0 Å². The molecular weight excluding hydrogens is 346 g/mol. The lowest BCUT2D eigenvalue weighted by molar-refractivity contribution is -0.115. The highest BCUT2D eigenvalue weighted by molar-refractivity contribution is 8.15. The van der Waals surface area contributed by atoms with Crippen LogP contribution >= 0.6 is 11.8 Å². The van der Waals surface area contributed by atoms with Crippen LogP contribution in [0.15, 0.2) is 17.6 Å². The first-order valence-electron chi connectivity index (χ1n) is 8.27. The molecule has 1 saturated heterocycles. The number of nitrogens with one attached hydrogen (secondary N) is 1. The first kappa shape index (κ1) is 21.2. The maximum atomic E-state index is 12.2. The SMILES string of the molecule is C=CCCN(C)CCCN=C(SC)C(=O)N[C@H]1CCCS(=O)(=O)C1. The average molecular weight is 376 g/mol. The van der Waals surface area contributed by atoms with Gasteiger partial charge in [-0.15, -0.1) is 18.3 Å². The van der Waals surface area contributed by atoms with Gasteiger partial charge in [-0.3, -0.25) is 9.79 Å². The maximum absolute atomic E-state index is 12.2. The second kappa shape index (κ2) is 10.9. The predicted molar refractivity (Wildman–Crippen MR) is 103 cm³/mol. The minimum atomic E-state index is -3.02. The molecular formula is C16H29N3O3S2. The Hall–Kier alpha value is -0.860. The van der Waals surface area contributed by atoms with Crippen LogP contribution in [0.25, 0.3) is 0 Å². The van der Waals surface area contributed by atoms with E-state index in [0.717, 1.165) is 25.9 Å². The Balaban J connectivity index is 2.41. The van der Waals surface area contributed by atoms with Crippen molar-refractivity contribution in [3.8, 4) is 0 Å². The number of carbonyl (C=O) groups is 1. The molecule has 6 nitrogen and oxygen atoms in total. The molecule has 1 atom stereocenters. The average Bonchev–Trinajstić information content (AvgIpc) is 2.51. The Bertz CT molecular complexity index is 547. The molecule has 1 aliphatic heterocycles. The fourth-order valence-corrected chi connectivity index (χ4v) is 4.66. The lowest BCUT2D eigenvalue weighted by atomic mass is 10.2. The Morgan fingerprint density at radius 3 is 2.83 bits per heavy atom. The first-order chi connectivity index (χ1) is 11.4. The number of hydrogen-bond acceptors (Lipinski definition) is 6. The van der Waals surface area contributed by atoms with Crippen LogP contribution in [0.1, 0.15) is 25.7 Å². The van der Waals surface area contributed by atoms with Gasteiger partial charge in [0.2, 0.25) is 0 Å². The summed E-state index contributed by atoms with van der Waals surface area (Å²) in [7, 11) is -0.968. The summed E-state index contributed by atoms with van der Waals surface area (Å²) in [5.41, 5.74) is 0. The molecule has 0 unspecified atom stereocenters. The van der Waals surface area contributed by atoms with Crippen LogP contribution in [0.4, 0.5) is 0 Å². The first-order valence-corrected chi connectivity index (χ1v) is 11.3. The van der Waals surface area contributed by atoms with E-state index >= 15 is 0 Å². The van der Waals surface area contributed by atoms with E-state index in [9.17, 15) is 13.2 Å². The summed E-state index contributed by atoms with van der Waals surface area (Å²) in [5.74, 6) is 0.00101. The van der Waals surface area contributed by atoms with Crippen molar-refractivity contribution in [3.63, 3.8) is 0 Å². The molecule has 24 heavy (non-hydrogen) atoms. The standard InChI is InChI=1S/C16H29N3O3S2/c1-4-5-10-19(2)11-7-9-17-16(23-3)15(20)18-14-8-6-12-24(21,22)13-14/h4,14H,1,5-13H2,2-3H3,(H,18,20)/t14-/m0/s1. The van der Waals surface area contributed by atoms with E-state index in [4.69, 9.17) is 0 Å². The number of amides is 1. The van der Waals surface area contributed by atoms with Crippen LogP contribution in [0.2, 0.25) is 0 Å². The number of rotatable bonds is 8. The third-order valence-corrected chi connectivity index (χ3v) is 6.38. The van der Waals surface area contributed by atoms with Crippen molar-refractivity contribution >= 4 is 32.6 Å². The molecule has 1 aliphatic rings. The van der Waals surface area contributed by atoms with E-state index < -0.39 is 9.84 Å². The van der Waals surface area contributed by atoms with E-state index in [1.165, 1.54) is 11.8 Å². The largest absolute Gasteiger partial charge is 0.346 e. The zero-order valence-corrected chi connectivity index (χ0v) is 16.3. The topological polar surface area (TPSA) is 78.8 Å². The molecule has 0 aromatic rings. The van der Waals surface area contributed by atoms with Gasteiger partial charge in [-0.1, -0.05) is 6.08 Å². The van der Waals surface area contributed by atoms with Gasteiger partial charge in [0.25, 0.3) is 5.91 Å². The predicted octanol–water partition coefficient (Wildman–Crippen LogP) is 1.34. The lowest BCUT2D eigenvalue weighted by Crippen LogP contribution is -2.45. The van der Waals surface area contributed by atoms with Gasteiger partial charge in [0.05, 0.1) is 11.5 Å². The Labute approximate surface area is 150 Å². The van der Waals surface area contributed by atoms with Crippen molar-refractivity contribution in [3.05, 3.63) is 12.7 Å². The zero-order chi connectivity index (χ0) is 18.0. The number of sulfone groups is 1. The van der Waals surface area contributed by atoms with Crippen molar-refractivity contribution < 1.29 is 13.2 Å². The van der Waals surface area contributed by atoms with Crippen molar-refractivity contribution in [1.29, 1.82) is 0 Å². The van der Waals surface area contributed by atoms with Gasteiger partial charge in [-0.25, -0.2) is 8.42 Å². The maximum Gasteiger partial charge on any atom is 0.276 e. The van der Waals surface area contributed by atoms with Gasteiger partial charge in [0.1, 0.15) is 0 Å². The molecule has 0 bridgehead atoms. The van der Waals surface area contributed by atoms with Gasteiger partial charge in [-0.05, 0) is 45.5 Å². The molecule has 0 saturated carbocycles. The lowest BCUT2D eigenvalue weighted by Gasteiger charge is -2.23. The summed E-state index contributed by atoms with van der Waals surface area (Å²) in [5, 5.41) is 3.23. The molecule has 1 rings (SSSR count). The minimum Gasteiger partial charge on any atom is -0.346 e. The molecule has 0 aromatic heterocycles. The fraction of sp³-hybridized carbons (Fsp3) is 0.750. The van der Waals surface area contributed by atoms with E-state index in [1.807, 2.05) is 12.3 Å². The smallest absolute Gasteiger partial charge is 0.276 e. The molecule has 0 spiro atoms. The number of nitrogens with zero attached hydrogens (tertiary/aromatic N) is 2. The molecule has 1 N–H and O–H groups in total. The summed E-state index contributed by atoms with van der Waals surface area (Å²) < 4.78 is 23.3. The normalized spacial score (nSPS) is 20.8. The Kier molecular flexibility index (Phi) is 9.61. The second-order valence-corrected chi connectivity index (χ2v) is 9.08. The van der Waals surface area contributed by atoms with Crippen molar-refractivity contribution in [2.24, 2.45) is 4.99 Å².